The summed E-state index contributed by atoms with van der Waals surface area (Å²) < 4.78 is 41.3. The van der Waals surface area contributed by atoms with Gasteiger partial charge in [-0.15, -0.1) is 0 Å². The van der Waals surface area contributed by atoms with Gasteiger partial charge in [-0.3, -0.25) is 4.79 Å². The van der Waals surface area contributed by atoms with Crippen LogP contribution in [0.1, 0.15) is 26.3 Å². The van der Waals surface area contributed by atoms with Crippen LogP contribution in [0.5, 0.6) is 11.5 Å². The molecule has 216 valence electrons. The second-order valence-electron chi connectivity index (χ2n) is 10.5. The summed E-state index contributed by atoms with van der Waals surface area (Å²) in [6.07, 6.45) is -0.566. The van der Waals surface area contributed by atoms with Crippen molar-refractivity contribution in [3.8, 4) is 11.5 Å². The highest BCUT2D eigenvalue weighted by Gasteiger charge is 2.50. The van der Waals surface area contributed by atoms with Gasteiger partial charge in [-0.2, -0.15) is 4.99 Å². The van der Waals surface area contributed by atoms with E-state index in [1.807, 2.05) is 30.3 Å². The minimum absolute atomic E-state index is 0.0537. The molecule has 0 saturated carbocycles. The summed E-state index contributed by atoms with van der Waals surface area (Å²) >= 11 is 7.64. The van der Waals surface area contributed by atoms with Crippen LogP contribution in [-0.4, -0.2) is 74.2 Å². The molecular weight excluding hydrogens is 578 g/mol. The van der Waals surface area contributed by atoms with Gasteiger partial charge in [0, 0.05) is 17.7 Å². The van der Waals surface area contributed by atoms with E-state index in [9.17, 15) is 18.0 Å². The van der Waals surface area contributed by atoms with Crippen LogP contribution >= 0.6 is 23.4 Å². The van der Waals surface area contributed by atoms with Crippen molar-refractivity contribution in [1.29, 1.82) is 0 Å². The predicted octanol–water partition coefficient (Wildman–Crippen LogP) is 4.09. The van der Waals surface area contributed by atoms with Gasteiger partial charge < -0.3 is 24.4 Å². The zero-order chi connectivity index (χ0) is 29.2. The predicted molar refractivity (Wildman–Crippen MR) is 157 cm³/mol. The fraction of sp³-hybridized carbons (Fsp3) is 0.444. The molecule has 0 radical (unpaired) electrons. The van der Waals surface area contributed by atoms with Crippen molar-refractivity contribution in [3.63, 3.8) is 0 Å². The van der Waals surface area contributed by atoms with Crippen molar-refractivity contribution in [2.75, 3.05) is 30.6 Å². The summed E-state index contributed by atoms with van der Waals surface area (Å²) in [5.41, 5.74) is 0.512. The first-order valence-electron chi connectivity index (χ1n) is 12.5. The molecule has 2 aromatic rings. The number of carbonyl (C=O) groups excluding carboxylic acids is 2. The van der Waals surface area contributed by atoms with E-state index in [2.05, 4.69) is 10.3 Å². The number of benzene rings is 2. The first-order chi connectivity index (χ1) is 18.8. The molecule has 0 aliphatic carbocycles. The number of fused-ring (bicyclic) bond motifs is 1. The molecular formula is C27H32ClN3O7S2. The van der Waals surface area contributed by atoms with Gasteiger partial charge in [0.15, 0.2) is 15.0 Å². The molecule has 2 aliphatic rings. The van der Waals surface area contributed by atoms with Gasteiger partial charge in [0.1, 0.15) is 23.1 Å². The van der Waals surface area contributed by atoms with Gasteiger partial charge in [0.05, 0.1) is 42.5 Å². The van der Waals surface area contributed by atoms with Crippen molar-refractivity contribution in [3.05, 3.63) is 53.1 Å². The Hall–Kier alpha value is -2.96. The highest BCUT2D eigenvalue weighted by molar-refractivity contribution is 8.16. The fourth-order valence-electron chi connectivity index (χ4n) is 4.55. The number of sulfone groups is 1. The minimum Gasteiger partial charge on any atom is -0.495 e. The molecule has 40 heavy (non-hydrogen) atoms. The topological polar surface area (TPSA) is 124 Å². The third-order valence-electron chi connectivity index (χ3n) is 6.26. The lowest BCUT2D eigenvalue weighted by molar-refractivity contribution is -0.119. The summed E-state index contributed by atoms with van der Waals surface area (Å²) in [6.45, 7) is 5.19. The van der Waals surface area contributed by atoms with Crippen LogP contribution in [-0.2, 0) is 25.8 Å². The van der Waals surface area contributed by atoms with Crippen molar-refractivity contribution in [2.45, 2.75) is 50.1 Å². The highest BCUT2D eigenvalue weighted by Crippen LogP contribution is 2.46. The smallest absolute Gasteiger partial charge is 0.408 e. The molecule has 4 rings (SSSR count). The SMILES string of the molecule is COc1cc(OC)c(N2C(=NC(=O)[C@H](Cc3ccccc3)NC(=O)OC(C)(C)C)S[C@H]3CS(=O)(=O)C[C@@H]32)cc1Cl. The number of ether oxygens (including phenoxy) is 3. The molecule has 1 N–H and O–H groups in total. The lowest BCUT2D eigenvalue weighted by atomic mass is 10.1. The Bertz CT molecular complexity index is 1410. The molecule has 2 saturated heterocycles. The van der Waals surface area contributed by atoms with Crippen LogP contribution < -0.4 is 19.7 Å². The Morgan fingerprint density at radius 3 is 2.42 bits per heavy atom. The Kier molecular flexibility index (Phi) is 8.91. The average molecular weight is 610 g/mol. The summed E-state index contributed by atoms with van der Waals surface area (Å²) in [5.74, 6) is -0.0251. The number of nitrogens with one attached hydrogen (secondary N) is 1. The van der Waals surface area contributed by atoms with Crippen LogP contribution in [0.2, 0.25) is 5.02 Å². The van der Waals surface area contributed by atoms with Gasteiger partial charge in [-0.1, -0.05) is 53.7 Å². The van der Waals surface area contributed by atoms with Gasteiger partial charge in [-0.25, -0.2) is 13.2 Å². The molecule has 2 aliphatic heterocycles. The Morgan fingerprint density at radius 2 is 1.80 bits per heavy atom. The molecule has 3 atom stereocenters. The number of thioether (sulfide) groups is 1. The summed E-state index contributed by atoms with van der Waals surface area (Å²) in [6, 6.07) is 10.9. The maximum absolute atomic E-state index is 13.7. The number of hydrogen-bond donors (Lipinski definition) is 1. The summed E-state index contributed by atoms with van der Waals surface area (Å²) in [4.78, 5) is 32.4. The molecule has 2 aromatic carbocycles. The van der Waals surface area contributed by atoms with Gasteiger partial charge in [-0.05, 0) is 32.4 Å². The van der Waals surface area contributed by atoms with Crippen molar-refractivity contribution < 1.29 is 32.2 Å². The van der Waals surface area contributed by atoms with Crippen molar-refractivity contribution >= 4 is 56.1 Å². The van der Waals surface area contributed by atoms with Crippen LogP contribution in [0.25, 0.3) is 0 Å². The Labute approximate surface area is 243 Å². The summed E-state index contributed by atoms with van der Waals surface area (Å²) in [5, 5.41) is 2.88. The molecule has 10 nitrogen and oxygen atoms in total. The molecule has 0 aromatic heterocycles. The third kappa shape index (κ3) is 7.02. The number of anilines is 1. The lowest BCUT2D eigenvalue weighted by Crippen LogP contribution is -2.45. The van der Waals surface area contributed by atoms with E-state index in [0.29, 0.717) is 22.4 Å². The van der Waals surface area contributed by atoms with Crippen LogP contribution in [0.4, 0.5) is 10.5 Å². The monoisotopic (exact) mass is 609 g/mol. The van der Waals surface area contributed by atoms with E-state index in [4.69, 9.17) is 25.8 Å². The Morgan fingerprint density at radius 1 is 1.12 bits per heavy atom. The maximum atomic E-state index is 13.7. The molecule has 2 amide bonds. The third-order valence-corrected chi connectivity index (χ3v) is 9.76. The first kappa shape index (κ1) is 30.0. The normalized spacial score (nSPS) is 21.6. The largest absolute Gasteiger partial charge is 0.495 e. The zero-order valence-electron chi connectivity index (χ0n) is 22.8. The lowest BCUT2D eigenvalue weighted by Gasteiger charge is -2.27. The van der Waals surface area contributed by atoms with Gasteiger partial charge in [0.25, 0.3) is 5.91 Å². The van der Waals surface area contributed by atoms with Crippen LogP contribution in [0, 0.1) is 0 Å². The molecule has 2 fully saturated rings. The van der Waals surface area contributed by atoms with E-state index >= 15 is 0 Å². The molecule has 2 heterocycles. The van der Waals surface area contributed by atoms with E-state index < -0.39 is 39.5 Å². The number of amidine groups is 1. The Balaban J connectivity index is 1.73. The average Bonchev–Trinajstić information content (AvgIpc) is 3.33. The standard InChI is InChI=1S/C27H32ClN3O7S2/c1-27(2,3)38-26(33)29-18(11-16-9-7-6-8-10-16)24(32)30-25-31(20-14-40(34,35)15-23(20)39-25)19-12-17(28)21(36-4)13-22(19)37-5/h6-10,12-13,18,20,23H,11,14-15H2,1-5H3,(H,29,33)/t18-,20-,23-/m0/s1. The molecule has 0 bridgehead atoms. The number of alkyl carbamates (subject to hydrolysis) is 1. The zero-order valence-corrected chi connectivity index (χ0v) is 25.2. The van der Waals surface area contributed by atoms with Crippen LogP contribution in [0.15, 0.2) is 47.5 Å². The second-order valence-corrected chi connectivity index (χ2v) is 14.2. The molecule has 13 heteroatoms. The number of halogens is 1. The number of carbonyl (C=O) groups is 2. The van der Waals surface area contributed by atoms with Crippen LogP contribution in [0.3, 0.4) is 0 Å². The van der Waals surface area contributed by atoms with E-state index in [0.717, 1.165) is 5.56 Å². The van der Waals surface area contributed by atoms with Gasteiger partial charge in [0.2, 0.25) is 0 Å². The number of hydrogen-bond acceptors (Lipinski definition) is 8. The molecule has 0 unspecified atom stereocenters. The number of methoxy groups -OCH3 is 2. The van der Waals surface area contributed by atoms with Crippen molar-refractivity contribution in [2.24, 2.45) is 4.99 Å². The van der Waals surface area contributed by atoms with E-state index in [1.165, 1.54) is 26.0 Å². The number of nitrogens with zero attached hydrogens (tertiary/aromatic N) is 2. The van der Waals surface area contributed by atoms with E-state index in [1.54, 1.807) is 37.8 Å². The maximum Gasteiger partial charge on any atom is 0.408 e. The number of rotatable bonds is 7. The number of aliphatic imine (C=N–C) groups is 1. The first-order valence-corrected chi connectivity index (χ1v) is 15.6. The second kappa shape index (κ2) is 11.9. The highest BCUT2D eigenvalue weighted by atomic mass is 35.5. The van der Waals surface area contributed by atoms with Crippen molar-refractivity contribution in [1.82, 2.24) is 5.32 Å². The molecule has 0 spiro atoms. The number of amides is 2. The minimum atomic E-state index is -3.31. The summed E-state index contributed by atoms with van der Waals surface area (Å²) in [7, 11) is -0.359. The van der Waals surface area contributed by atoms with Gasteiger partial charge >= 0.3 is 6.09 Å². The quantitative estimate of drug-likeness (QED) is 0.494. The fourth-order valence-corrected chi connectivity index (χ4v) is 8.70. The van der Waals surface area contributed by atoms with E-state index in [-0.39, 0.29) is 28.2 Å².